The summed E-state index contributed by atoms with van der Waals surface area (Å²) < 4.78 is 27.8. The number of hydrogen-bond donors (Lipinski definition) is 1. The molecule has 34 heavy (non-hydrogen) atoms. The van der Waals surface area contributed by atoms with Crippen molar-refractivity contribution >= 4 is 40.0 Å². The fourth-order valence-electron chi connectivity index (χ4n) is 3.84. The van der Waals surface area contributed by atoms with Crippen LogP contribution in [0.5, 0.6) is 5.75 Å². The Morgan fingerprint density at radius 2 is 1.97 bits per heavy atom. The van der Waals surface area contributed by atoms with Crippen LogP contribution in [-0.4, -0.2) is 14.8 Å². The Hall–Kier alpha value is -3.55. The van der Waals surface area contributed by atoms with Crippen molar-refractivity contribution in [1.29, 1.82) is 0 Å². The van der Waals surface area contributed by atoms with Gasteiger partial charge in [-0.3, -0.25) is 4.68 Å². The number of hydrogen-bond acceptors (Lipinski definition) is 5. The van der Waals surface area contributed by atoms with Crippen LogP contribution in [0.1, 0.15) is 24.2 Å². The SMILES string of the molecule is CC(Oc1c(N)ncc2c(-c3ccc(Cn4cccn4)cc3)coc12)c1c(Cl)ccc(F)c1Cl. The zero-order valence-corrected chi connectivity index (χ0v) is 19.5. The van der Waals surface area contributed by atoms with Gasteiger partial charge in [0.25, 0.3) is 0 Å². The van der Waals surface area contributed by atoms with Crippen molar-refractivity contribution in [3.63, 3.8) is 0 Å². The number of pyridine rings is 1. The molecule has 0 saturated heterocycles. The maximum absolute atomic E-state index is 14.0. The lowest BCUT2D eigenvalue weighted by Gasteiger charge is -2.18. The number of ether oxygens (including phenoxy) is 1. The maximum atomic E-state index is 14.0. The number of nitrogens with zero attached hydrogens (tertiary/aromatic N) is 3. The van der Waals surface area contributed by atoms with Crippen LogP contribution < -0.4 is 10.5 Å². The molecule has 6 nitrogen and oxygen atoms in total. The summed E-state index contributed by atoms with van der Waals surface area (Å²) in [5.74, 6) is -0.210. The second-order valence-electron chi connectivity index (χ2n) is 7.78. The monoisotopic (exact) mass is 496 g/mol. The third-order valence-electron chi connectivity index (χ3n) is 5.55. The van der Waals surface area contributed by atoms with Crippen molar-refractivity contribution in [1.82, 2.24) is 14.8 Å². The fourth-order valence-corrected chi connectivity index (χ4v) is 4.52. The van der Waals surface area contributed by atoms with Crippen LogP contribution in [0.2, 0.25) is 10.0 Å². The average Bonchev–Trinajstić information content (AvgIpc) is 3.49. The van der Waals surface area contributed by atoms with Gasteiger partial charge in [-0.25, -0.2) is 9.37 Å². The summed E-state index contributed by atoms with van der Waals surface area (Å²) in [6.45, 7) is 2.38. The molecule has 1 atom stereocenters. The van der Waals surface area contributed by atoms with Crippen LogP contribution in [0.3, 0.4) is 0 Å². The summed E-state index contributed by atoms with van der Waals surface area (Å²) >= 11 is 12.4. The van der Waals surface area contributed by atoms with Gasteiger partial charge >= 0.3 is 0 Å². The Morgan fingerprint density at radius 1 is 1.18 bits per heavy atom. The zero-order valence-electron chi connectivity index (χ0n) is 18.0. The molecule has 3 aromatic heterocycles. The molecule has 2 N–H and O–H groups in total. The standard InChI is InChI=1S/C25H19Cl2FN4O2/c1-14(21-19(26)7-8-20(28)22(21)27)34-24-23-17(11-30-25(24)29)18(13-33-23)16-5-3-15(4-6-16)12-32-10-2-9-31-32/h2-11,13-14H,12H2,1H3,(H2,29,30). The Kier molecular flexibility index (Phi) is 5.89. The molecule has 2 aromatic carbocycles. The van der Waals surface area contributed by atoms with Crippen LogP contribution in [0.4, 0.5) is 10.2 Å². The van der Waals surface area contributed by atoms with Crippen molar-refractivity contribution in [2.75, 3.05) is 5.73 Å². The number of halogens is 3. The Labute approximate surface area is 204 Å². The predicted molar refractivity (Wildman–Crippen MR) is 131 cm³/mol. The highest BCUT2D eigenvalue weighted by Crippen LogP contribution is 2.41. The van der Waals surface area contributed by atoms with Crippen molar-refractivity contribution in [2.24, 2.45) is 0 Å². The largest absolute Gasteiger partial charge is 0.478 e. The lowest BCUT2D eigenvalue weighted by Crippen LogP contribution is -2.08. The molecule has 0 spiro atoms. The molecule has 0 radical (unpaired) electrons. The second kappa shape index (κ2) is 9.00. The molecule has 0 aliphatic rings. The number of furan rings is 1. The van der Waals surface area contributed by atoms with E-state index >= 15 is 0 Å². The molecule has 0 saturated carbocycles. The van der Waals surface area contributed by atoms with Gasteiger partial charge in [0.05, 0.1) is 23.2 Å². The quantitative estimate of drug-likeness (QED) is 0.258. The van der Waals surface area contributed by atoms with Crippen molar-refractivity contribution in [2.45, 2.75) is 19.6 Å². The van der Waals surface area contributed by atoms with Gasteiger partial charge in [0.15, 0.2) is 11.4 Å². The Morgan fingerprint density at radius 3 is 2.71 bits per heavy atom. The topological polar surface area (TPSA) is 79.1 Å². The highest BCUT2D eigenvalue weighted by Gasteiger charge is 2.23. The van der Waals surface area contributed by atoms with Gasteiger partial charge in [-0.1, -0.05) is 47.5 Å². The predicted octanol–water partition coefficient (Wildman–Crippen LogP) is 6.91. The van der Waals surface area contributed by atoms with E-state index in [9.17, 15) is 4.39 Å². The minimum atomic E-state index is -0.708. The molecule has 0 amide bonds. The zero-order chi connectivity index (χ0) is 23.8. The Balaban J connectivity index is 1.47. The molecule has 0 aliphatic heterocycles. The third kappa shape index (κ3) is 4.08. The first-order chi connectivity index (χ1) is 16.4. The molecule has 0 bridgehead atoms. The van der Waals surface area contributed by atoms with Crippen LogP contribution in [0.25, 0.3) is 22.1 Å². The van der Waals surface area contributed by atoms with Gasteiger partial charge in [-0.2, -0.15) is 5.10 Å². The van der Waals surface area contributed by atoms with Crippen LogP contribution in [-0.2, 0) is 6.54 Å². The maximum Gasteiger partial charge on any atom is 0.205 e. The second-order valence-corrected chi connectivity index (χ2v) is 8.57. The number of aromatic nitrogens is 3. The molecular weight excluding hydrogens is 478 g/mol. The molecule has 9 heteroatoms. The summed E-state index contributed by atoms with van der Waals surface area (Å²) in [7, 11) is 0. The van der Waals surface area contributed by atoms with E-state index in [4.69, 9.17) is 38.1 Å². The van der Waals surface area contributed by atoms with Gasteiger partial charge < -0.3 is 14.9 Å². The van der Waals surface area contributed by atoms with Gasteiger partial charge in [0.1, 0.15) is 11.9 Å². The number of rotatable bonds is 6. The van der Waals surface area contributed by atoms with Crippen molar-refractivity contribution in [3.05, 3.63) is 94.3 Å². The molecule has 172 valence electrons. The summed E-state index contributed by atoms with van der Waals surface area (Å²) in [5.41, 5.74) is 9.76. The first kappa shape index (κ1) is 22.3. The number of nitrogens with two attached hydrogens (primary N) is 1. The van der Waals surface area contributed by atoms with Crippen LogP contribution in [0, 0.1) is 5.82 Å². The third-order valence-corrected chi connectivity index (χ3v) is 6.26. The first-order valence-corrected chi connectivity index (χ1v) is 11.2. The van der Waals surface area contributed by atoms with E-state index in [1.807, 2.05) is 41.2 Å². The van der Waals surface area contributed by atoms with E-state index in [1.54, 1.807) is 25.6 Å². The number of benzene rings is 2. The van der Waals surface area contributed by atoms with E-state index in [1.165, 1.54) is 12.1 Å². The number of fused-ring (bicyclic) bond motifs is 1. The molecule has 3 heterocycles. The highest BCUT2D eigenvalue weighted by molar-refractivity contribution is 6.36. The minimum absolute atomic E-state index is 0.103. The van der Waals surface area contributed by atoms with E-state index < -0.39 is 11.9 Å². The smallest absolute Gasteiger partial charge is 0.205 e. The van der Waals surface area contributed by atoms with Crippen molar-refractivity contribution in [3.8, 4) is 16.9 Å². The molecule has 0 fully saturated rings. The van der Waals surface area contributed by atoms with E-state index in [2.05, 4.69) is 10.1 Å². The lowest BCUT2D eigenvalue weighted by molar-refractivity contribution is 0.227. The number of nitrogen functional groups attached to an aromatic ring is 1. The molecular formula is C25H19Cl2FN4O2. The molecule has 5 aromatic rings. The lowest BCUT2D eigenvalue weighted by atomic mass is 10.0. The van der Waals surface area contributed by atoms with E-state index in [-0.39, 0.29) is 21.6 Å². The van der Waals surface area contributed by atoms with E-state index in [0.29, 0.717) is 17.7 Å². The summed E-state index contributed by atoms with van der Waals surface area (Å²) in [4.78, 5) is 4.28. The summed E-state index contributed by atoms with van der Waals surface area (Å²) in [6.07, 6.45) is 6.23. The van der Waals surface area contributed by atoms with Gasteiger partial charge in [0, 0.05) is 34.7 Å². The van der Waals surface area contributed by atoms with Crippen LogP contribution >= 0.6 is 23.2 Å². The van der Waals surface area contributed by atoms with Crippen molar-refractivity contribution < 1.29 is 13.5 Å². The van der Waals surface area contributed by atoms with Gasteiger partial charge in [-0.15, -0.1) is 0 Å². The van der Waals surface area contributed by atoms with Crippen LogP contribution in [0.15, 0.2) is 71.7 Å². The van der Waals surface area contributed by atoms with Gasteiger partial charge in [-0.05, 0) is 36.2 Å². The molecule has 5 rings (SSSR count). The fraction of sp³-hybridized carbons (Fsp3) is 0.120. The molecule has 1 unspecified atom stereocenters. The van der Waals surface area contributed by atoms with Gasteiger partial charge in [0.2, 0.25) is 5.75 Å². The van der Waals surface area contributed by atoms with E-state index in [0.717, 1.165) is 22.1 Å². The Bertz CT molecular complexity index is 1470. The summed E-state index contributed by atoms with van der Waals surface area (Å²) in [6, 6.07) is 12.6. The molecule has 0 aliphatic carbocycles. The summed E-state index contributed by atoms with van der Waals surface area (Å²) in [5, 5.41) is 5.15. The number of anilines is 1. The normalized spacial score (nSPS) is 12.2. The highest BCUT2D eigenvalue weighted by atomic mass is 35.5. The minimum Gasteiger partial charge on any atom is -0.478 e. The average molecular weight is 497 g/mol. The first-order valence-electron chi connectivity index (χ1n) is 10.4.